The van der Waals surface area contributed by atoms with Gasteiger partial charge in [0, 0.05) is 17.0 Å². The van der Waals surface area contributed by atoms with Crippen LogP contribution in [0.3, 0.4) is 0 Å². The molecule has 3 aromatic rings. The zero-order chi connectivity index (χ0) is 13.2. The van der Waals surface area contributed by atoms with Crippen LogP contribution >= 0.6 is 11.6 Å². The van der Waals surface area contributed by atoms with Crippen molar-refractivity contribution in [1.82, 2.24) is 9.78 Å². The summed E-state index contributed by atoms with van der Waals surface area (Å²) in [5.74, 6) is 0. The first-order valence-electron chi connectivity index (χ1n) is 6.17. The van der Waals surface area contributed by atoms with Gasteiger partial charge in [0.25, 0.3) is 0 Å². The molecule has 0 fully saturated rings. The summed E-state index contributed by atoms with van der Waals surface area (Å²) in [5.41, 5.74) is 8.09. The number of nitrogens with zero attached hydrogens (tertiary/aromatic N) is 2. The molecule has 3 rings (SSSR count). The van der Waals surface area contributed by atoms with Gasteiger partial charge in [0.1, 0.15) is 0 Å². The maximum absolute atomic E-state index is 6.06. The van der Waals surface area contributed by atoms with E-state index in [1.807, 2.05) is 53.3 Å². The minimum Gasteiger partial charge on any atom is -0.328 e. The van der Waals surface area contributed by atoms with Gasteiger partial charge in [-0.1, -0.05) is 41.9 Å². The molecular formula is C15H14ClN3. The fraction of sp³-hybridized carbons (Fsp3) is 0.133. The number of rotatable bonds is 3. The zero-order valence-electron chi connectivity index (χ0n) is 10.3. The molecule has 0 aliphatic heterocycles. The average molecular weight is 272 g/mol. The van der Waals surface area contributed by atoms with Gasteiger partial charge >= 0.3 is 0 Å². The SMILES string of the molecule is NCC(c1cccc(Cl)c1)n1ncc2ccccc21. The van der Waals surface area contributed by atoms with Crippen LogP contribution in [0.1, 0.15) is 11.6 Å². The summed E-state index contributed by atoms with van der Waals surface area (Å²) < 4.78 is 1.96. The minimum atomic E-state index is -0.00130. The smallest absolute Gasteiger partial charge is 0.0898 e. The number of halogens is 1. The van der Waals surface area contributed by atoms with Gasteiger partial charge in [0.05, 0.1) is 17.8 Å². The van der Waals surface area contributed by atoms with E-state index in [0.717, 1.165) is 16.5 Å². The summed E-state index contributed by atoms with van der Waals surface area (Å²) in [7, 11) is 0. The van der Waals surface area contributed by atoms with Crippen molar-refractivity contribution in [2.45, 2.75) is 6.04 Å². The van der Waals surface area contributed by atoms with E-state index in [2.05, 4.69) is 11.2 Å². The summed E-state index contributed by atoms with van der Waals surface area (Å²) in [5, 5.41) is 6.30. The van der Waals surface area contributed by atoms with Crippen molar-refractivity contribution in [2.24, 2.45) is 5.73 Å². The largest absolute Gasteiger partial charge is 0.328 e. The van der Waals surface area contributed by atoms with Gasteiger partial charge in [-0.05, 0) is 23.8 Å². The molecule has 3 nitrogen and oxygen atoms in total. The van der Waals surface area contributed by atoms with Gasteiger partial charge in [-0.2, -0.15) is 5.10 Å². The van der Waals surface area contributed by atoms with Crippen LogP contribution in [0.4, 0.5) is 0 Å². The Bertz CT molecular complexity index is 705. The van der Waals surface area contributed by atoms with E-state index in [1.54, 1.807) is 0 Å². The van der Waals surface area contributed by atoms with Crippen LogP contribution in [0, 0.1) is 0 Å². The average Bonchev–Trinajstić information content (AvgIpc) is 2.84. The second-order valence-corrected chi connectivity index (χ2v) is 4.89. The third-order valence-corrected chi connectivity index (χ3v) is 3.49. The summed E-state index contributed by atoms with van der Waals surface area (Å²) in [4.78, 5) is 0. The van der Waals surface area contributed by atoms with Crippen LogP contribution in [-0.2, 0) is 0 Å². The Morgan fingerprint density at radius 3 is 2.79 bits per heavy atom. The molecule has 0 spiro atoms. The Hall–Kier alpha value is -1.84. The third-order valence-electron chi connectivity index (χ3n) is 3.26. The predicted molar refractivity (Wildman–Crippen MR) is 78.4 cm³/mol. The first kappa shape index (κ1) is 12.2. The number of hydrogen-bond donors (Lipinski definition) is 1. The second-order valence-electron chi connectivity index (χ2n) is 4.45. The Kier molecular flexibility index (Phi) is 3.23. The molecular weight excluding hydrogens is 258 g/mol. The molecule has 4 heteroatoms. The molecule has 0 aliphatic rings. The molecule has 0 saturated heterocycles. The zero-order valence-corrected chi connectivity index (χ0v) is 11.1. The number of benzene rings is 2. The normalized spacial score (nSPS) is 12.7. The summed E-state index contributed by atoms with van der Waals surface area (Å²) in [6.45, 7) is 0.478. The highest BCUT2D eigenvalue weighted by Crippen LogP contribution is 2.24. The van der Waals surface area contributed by atoms with E-state index in [-0.39, 0.29) is 6.04 Å². The molecule has 1 heterocycles. The van der Waals surface area contributed by atoms with Crippen molar-refractivity contribution in [2.75, 3.05) is 6.54 Å². The lowest BCUT2D eigenvalue weighted by Crippen LogP contribution is -2.21. The lowest BCUT2D eigenvalue weighted by Gasteiger charge is -2.17. The Balaban J connectivity index is 2.12. The molecule has 0 amide bonds. The van der Waals surface area contributed by atoms with Crippen molar-refractivity contribution in [3.05, 3.63) is 65.3 Å². The molecule has 0 radical (unpaired) electrons. The molecule has 19 heavy (non-hydrogen) atoms. The first-order valence-corrected chi connectivity index (χ1v) is 6.55. The highest BCUT2D eigenvalue weighted by molar-refractivity contribution is 6.30. The van der Waals surface area contributed by atoms with Gasteiger partial charge in [0.15, 0.2) is 0 Å². The molecule has 1 aromatic heterocycles. The highest BCUT2D eigenvalue weighted by atomic mass is 35.5. The number of nitrogens with two attached hydrogens (primary N) is 1. The molecule has 2 N–H and O–H groups in total. The monoisotopic (exact) mass is 271 g/mol. The standard InChI is InChI=1S/C15H14ClN3/c16-13-6-3-5-11(8-13)15(9-17)19-14-7-2-1-4-12(14)10-18-19/h1-8,10,15H,9,17H2. The highest BCUT2D eigenvalue weighted by Gasteiger charge is 2.15. The van der Waals surface area contributed by atoms with Crippen molar-refractivity contribution in [1.29, 1.82) is 0 Å². The van der Waals surface area contributed by atoms with E-state index in [0.29, 0.717) is 11.6 Å². The quantitative estimate of drug-likeness (QED) is 0.795. The molecule has 0 saturated carbocycles. The lowest BCUT2D eigenvalue weighted by atomic mass is 10.1. The number of hydrogen-bond acceptors (Lipinski definition) is 2. The van der Waals surface area contributed by atoms with Crippen LogP contribution in [0.15, 0.2) is 54.7 Å². The topological polar surface area (TPSA) is 43.8 Å². The maximum Gasteiger partial charge on any atom is 0.0898 e. The fourth-order valence-corrected chi connectivity index (χ4v) is 2.53. The first-order chi connectivity index (χ1) is 9.29. The maximum atomic E-state index is 6.06. The van der Waals surface area contributed by atoms with Gasteiger partial charge in [-0.15, -0.1) is 0 Å². The fourth-order valence-electron chi connectivity index (χ4n) is 2.33. The number of para-hydroxylation sites is 1. The van der Waals surface area contributed by atoms with Crippen LogP contribution < -0.4 is 5.73 Å². The predicted octanol–water partition coefficient (Wildman–Crippen LogP) is 3.24. The van der Waals surface area contributed by atoms with Gasteiger partial charge in [0.2, 0.25) is 0 Å². The summed E-state index contributed by atoms with van der Waals surface area (Å²) in [6, 6.07) is 15.9. The Morgan fingerprint density at radius 1 is 1.16 bits per heavy atom. The van der Waals surface area contributed by atoms with E-state index in [9.17, 15) is 0 Å². The number of fused-ring (bicyclic) bond motifs is 1. The Morgan fingerprint density at radius 2 is 2.00 bits per heavy atom. The molecule has 96 valence electrons. The molecule has 1 atom stereocenters. The summed E-state index contributed by atoms with van der Waals surface area (Å²) in [6.07, 6.45) is 1.86. The van der Waals surface area contributed by atoms with Crippen molar-refractivity contribution < 1.29 is 0 Å². The van der Waals surface area contributed by atoms with Crippen LogP contribution in [0.25, 0.3) is 10.9 Å². The van der Waals surface area contributed by atoms with Crippen molar-refractivity contribution >= 4 is 22.5 Å². The lowest BCUT2D eigenvalue weighted by molar-refractivity contribution is 0.549. The summed E-state index contributed by atoms with van der Waals surface area (Å²) >= 11 is 6.06. The molecule has 0 aliphatic carbocycles. The molecule has 1 unspecified atom stereocenters. The van der Waals surface area contributed by atoms with Crippen LogP contribution in [0.2, 0.25) is 5.02 Å². The van der Waals surface area contributed by atoms with Crippen LogP contribution in [0.5, 0.6) is 0 Å². The van der Waals surface area contributed by atoms with Crippen molar-refractivity contribution in [3.63, 3.8) is 0 Å². The van der Waals surface area contributed by atoms with Gasteiger partial charge in [-0.25, -0.2) is 0 Å². The molecule has 0 bridgehead atoms. The van der Waals surface area contributed by atoms with E-state index in [4.69, 9.17) is 17.3 Å². The van der Waals surface area contributed by atoms with Gasteiger partial charge in [-0.3, -0.25) is 4.68 Å². The second kappa shape index (κ2) is 5.03. The van der Waals surface area contributed by atoms with Gasteiger partial charge < -0.3 is 5.73 Å². The third kappa shape index (κ3) is 2.23. The van der Waals surface area contributed by atoms with E-state index >= 15 is 0 Å². The van der Waals surface area contributed by atoms with E-state index < -0.39 is 0 Å². The van der Waals surface area contributed by atoms with Crippen molar-refractivity contribution in [3.8, 4) is 0 Å². The Labute approximate surface area is 116 Å². The van der Waals surface area contributed by atoms with E-state index in [1.165, 1.54) is 0 Å². The number of aromatic nitrogens is 2. The van der Waals surface area contributed by atoms with Crippen LogP contribution in [-0.4, -0.2) is 16.3 Å². The molecule has 2 aromatic carbocycles. The minimum absolute atomic E-state index is 0.00130.